The van der Waals surface area contributed by atoms with Crippen LogP contribution in [0, 0.1) is 0 Å². The van der Waals surface area contributed by atoms with Crippen LogP contribution in [0.2, 0.25) is 0 Å². The first-order valence-electron chi connectivity index (χ1n) is 8.28. The molecule has 1 aromatic heterocycles. The van der Waals surface area contributed by atoms with E-state index in [0.29, 0.717) is 11.5 Å². The molecule has 0 atom stereocenters. The van der Waals surface area contributed by atoms with Crippen LogP contribution < -0.4 is 0 Å². The summed E-state index contributed by atoms with van der Waals surface area (Å²) in [7, 11) is 1.95. The Kier molecular flexibility index (Phi) is 3.80. The number of fused-ring (bicyclic) bond motifs is 2. The van der Waals surface area contributed by atoms with E-state index in [1.807, 2.05) is 42.1 Å². The second kappa shape index (κ2) is 6.15. The molecule has 2 aromatic carbocycles. The van der Waals surface area contributed by atoms with Crippen molar-refractivity contribution >= 4 is 28.7 Å². The van der Waals surface area contributed by atoms with Crippen LogP contribution in [0.3, 0.4) is 0 Å². The van der Waals surface area contributed by atoms with Crippen molar-refractivity contribution in [1.82, 2.24) is 9.63 Å². The van der Waals surface area contributed by atoms with Crippen LogP contribution in [-0.2, 0) is 23.1 Å². The number of aromatic nitrogens is 1. The van der Waals surface area contributed by atoms with Gasteiger partial charge >= 0.3 is 5.97 Å². The Bertz CT molecular complexity index is 1020. The third kappa shape index (κ3) is 2.56. The number of para-hydroxylation sites is 1. The highest BCUT2D eigenvalue weighted by Crippen LogP contribution is 2.24. The first-order valence-corrected chi connectivity index (χ1v) is 8.28. The summed E-state index contributed by atoms with van der Waals surface area (Å²) in [6.07, 6.45) is 2.50. The van der Waals surface area contributed by atoms with Gasteiger partial charge in [-0.25, -0.2) is 4.79 Å². The van der Waals surface area contributed by atoms with Gasteiger partial charge in [-0.3, -0.25) is 9.59 Å². The molecule has 2 heterocycles. The minimum absolute atomic E-state index is 0.0708. The van der Waals surface area contributed by atoms with Gasteiger partial charge < -0.3 is 9.40 Å². The quantitative estimate of drug-likeness (QED) is 0.680. The molecule has 0 fully saturated rings. The van der Waals surface area contributed by atoms with E-state index < -0.39 is 17.8 Å². The lowest BCUT2D eigenvalue weighted by Gasteiger charge is -2.12. The van der Waals surface area contributed by atoms with Crippen LogP contribution in [0.5, 0.6) is 0 Å². The van der Waals surface area contributed by atoms with Gasteiger partial charge in [-0.05, 0) is 30.2 Å². The summed E-state index contributed by atoms with van der Waals surface area (Å²) in [5.74, 6) is -1.83. The largest absolute Gasteiger partial charge is 0.350 e. The summed E-state index contributed by atoms with van der Waals surface area (Å²) < 4.78 is 2.00. The van der Waals surface area contributed by atoms with E-state index in [4.69, 9.17) is 4.84 Å². The fourth-order valence-electron chi connectivity index (χ4n) is 3.26. The number of nitrogens with zero attached hydrogens (tertiary/aromatic N) is 2. The molecule has 1 aliphatic rings. The van der Waals surface area contributed by atoms with Crippen molar-refractivity contribution in [3.05, 3.63) is 71.4 Å². The molecule has 3 aromatic rings. The van der Waals surface area contributed by atoms with Crippen LogP contribution in [0.15, 0.2) is 54.7 Å². The second-order valence-corrected chi connectivity index (χ2v) is 6.20. The molecule has 0 radical (unpaired) electrons. The van der Waals surface area contributed by atoms with Gasteiger partial charge in [0.2, 0.25) is 0 Å². The van der Waals surface area contributed by atoms with Crippen molar-refractivity contribution in [2.24, 2.45) is 7.05 Å². The summed E-state index contributed by atoms with van der Waals surface area (Å²) in [6.45, 7) is 0. The number of amides is 2. The Balaban J connectivity index is 1.45. The van der Waals surface area contributed by atoms with Crippen molar-refractivity contribution in [2.75, 3.05) is 0 Å². The zero-order valence-corrected chi connectivity index (χ0v) is 14.1. The van der Waals surface area contributed by atoms with Crippen molar-refractivity contribution in [2.45, 2.75) is 12.8 Å². The maximum atomic E-state index is 12.2. The predicted molar refractivity (Wildman–Crippen MR) is 94.3 cm³/mol. The Morgan fingerprint density at radius 3 is 2.27 bits per heavy atom. The predicted octanol–water partition coefficient (Wildman–Crippen LogP) is 2.87. The molecule has 1 aliphatic heterocycles. The molecule has 0 saturated carbocycles. The molecule has 130 valence electrons. The summed E-state index contributed by atoms with van der Waals surface area (Å²) in [6, 6.07) is 14.3. The minimum atomic E-state index is -0.618. The van der Waals surface area contributed by atoms with Gasteiger partial charge in [-0.2, -0.15) is 0 Å². The maximum absolute atomic E-state index is 12.2. The molecule has 4 rings (SSSR count). The van der Waals surface area contributed by atoms with E-state index in [2.05, 4.69) is 0 Å². The standard InChI is InChI=1S/C20H16N2O4/c1-21-12-13(14-6-4-5-9-17(14)21)10-11-18(23)26-22-19(24)15-7-2-3-8-16(15)20(22)25/h2-9,12H,10-11H2,1H3. The number of hydroxylamine groups is 2. The SMILES string of the molecule is Cn1cc(CCC(=O)ON2C(=O)c3ccccc3C2=O)c2ccccc21. The molecule has 0 spiro atoms. The fraction of sp³-hybridized carbons (Fsp3) is 0.150. The Labute approximate surface area is 149 Å². The lowest BCUT2D eigenvalue weighted by atomic mass is 10.1. The van der Waals surface area contributed by atoms with Gasteiger partial charge in [0.15, 0.2) is 0 Å². The third-order valence-corrected chi connectivity index (χ3v) is 4.53. The zero-order chi connectivity index (χ0) is 18.3. The number of hydrogen-bond donors (Lipinski definition) is 0. The molecule has 6 heteroatoms. The van der Waals surface area contributed by atoms with Crippen LogP contribution >= 0.6 is 0 Å². The van der Waals surface area contributed by atoms with Gasteiger partial charge in [-0.1, -0.05) is 35.4 Å². The molecule has 0 saturated heterocycles. The van der Waals surface area contributed by atoms with E-state index >= 15 is 0 Å². The Morgan fingerprint density at radius 1 is 0.962 bits per heavy atom. The van der Waals surface area contributed by atoms with Crippen molar-refractivity contribution in [3.8, 4) is 0 Å². The minimum Gasteiger partial charge on any atom is -0.350 e. The number of imide groups is 1. The highest BCUT2D eigenvalue weighted by Gasteiger charge is 2.38. The normalized spacial score (nSPS) is 13.3. The third-order valence-electron chi connectivity index (χ3n) is 4.53. The number of aryl methyl sites for hydroxylation is 2. The smallest absolute Gasteiger partial charge is 0.333 e. The van der Waals surface area contributed by atoms with E-state index in [1.165, 1.54) is 0 Å². The van der Waals surface area contributed by atoms with Crippen LogP contribution in [-0.4, -0.2) is 27.4 Å². The van der Waals surface area contributed by atoms with Crippen LogP contribution in [0.25, 0.3) is 10.9 Å². The van der Waals surface area contributed by atoms with Crippen LogP contribution in [0.1, 0.15) is 32.7 Å². The molecular weight excluding hydrogens is 332 g/mol. The number of hydrogen-bond acceptors (Lipinski definition) is 4. The lowest BCUT2D eigenvalue weighted by Crippen LogP contribution is -2.32. The summed E-state index contributed by atoms with van der Waals surface area (Å²) in [5.41, 5.74) is 2.59. The molecule has 6 nitrogen and oxygen atoms in total. The molecule has 0 bridgehead atoms. The van der Waals surface area contributed by atoms with E-state index in [9.17, 15) is 14.4 Å². The van der Waals surface area contributed by atoms with E-state index in [1.54, 1.807) is 24.3 Å². The van der Waals surface area contributed by atoms with Gasteiger partial charge in [-0.15, -0.1) is 0 Å². The monoisotopic (exact) mass is 348 g/mol. The maximum Gasteiger partial charge on any atom is 0.333 e. The van der Waals surface area contributed by atoms with Gasteiger partial charge in [0.25, 0.3) is 11.8 Å². The number of carbonyl (C=O) groups is 3. The van der Waals surface area contributed by atoms with Gasteiger partial charge in [0.05, 0.1) is 17.5 Å². The average molecular weight is 348 g/mol. The average Bonchev–Trinajstić information content (AvgIpc) is 3.10. The molecule has 26 heavy (non-hydrogen) atoms. The molecule has 0 aliphatic carbocycles. The molecular formula is C20H16N2O4. The molecule has 0 N–H and O–H groups in total. The van der Waals surface area contributed by atoms with Crippen molar-refractivity contribution in [3.63, 3.8) is 0 Å². The topological polar surface area (TPSA) is 68.6 Å². The summed E-state index contributed by atoms with van der Waals surface area (Å²) >= 11 is 0. The van der Waals surface area contributed by atoms with E-state index in [-0.39, 0.29) is 17.5 Å². The van der Waals surface area contributed by atoms with Crippen molar-refractivity contribution < 1.29 is 19.2 Å². The highest BCUT2D eigenvalue weighted by atomic mass is 16.7. The number of rotatable bonds is 4. The molecule has 2 amide bonds. The number of benzene rings is 2. The second-order valence-electron chi connectivity index (χ2n) is 6.20. The molecule has 0 unspecified atom stereocenters. The lowest BCUT2D eigenvalue weighted by molar-refractivity contribution is -0.168. The first kappa shape index (κ1) is 16.1. The van der Waals surface area contributed by atoms with Crippen molar-refractivity contribution in [1.29, 1.82) is 0 Å². The summed E-state index contributed by atoms with van der Waals surface area (Å²) in [4.78, 5) is 41.7. The number of carbonyl (C=O) groups excluding carboxylic acids is 3. The fourth-order valence-corrected chi connectivity index (χ4v) is 3.26. The zero-order valence-electron chi connectivity index (χ0n) is 14.1. The first-order chi connectivity index (χ1) is 12.6. The Morgan fingerprint density at radius 2 is 1.58 bits per heavy atom. The van der Waals surface area contributed by atoms with Gasteiger partial charge in [0, 0.05) is 24.1 Å². The highest BCUT2D eigenvalue weighted by molar-refractivity contribution is 6.20. The van der Waals surface area contributed by atoms with Crippen LogP contribution in [0.4, 0.5) is 0 Å². The summed E-state index contributed by atoms with van der Waals surface area (Å²) in [5, 5.41) is 1.62. The Hall–Kier alpha value is -3.41. The van der Waals surface area contributed by atoms with Gasteiger partial charge in [0.1, 0.15) is 0 Å². The van der Waals surface area contributed by atoms with E-state index in [0.717, 1.165) is 16.5 Å².